The molecule has 40 heavy (non-hydrogen) atoms. The Kier molecular flexibility index (Phi) is 8.15. The molecule has 1 saturated carbocycles. The van der Waals surface area contributed by atoms with Crippen molar-refractivity contribution in [2.24, 2.45) is 0 Å². The Labute approximate surface area is 234 Å². The van der Waals surface area contributed by atoms with E-state index in [1.54, 1.807) is 4.57 Å². The predicted molar refractivity (Wildman–Crippen MR) is 154 cm³/mol. The summed E-state index contributed by atoms with van der Waals surface area (Å²) in [7, 11) is 0. The molecule has 1 aliphatic carbocycles. The lowest BCUT2D eigenvalue weighted by Crippen LogP contribution is -2.43. The minimum atomic E-state index is -0.802. The number of nitriles is 1. The Hall–Kier alpha value is -3.80. The Bertz CT molecular complexity index is 1570. The van der Waals surface area contributed by atoms with Crippen LogP contribution in [-0.2, 0) is 17.6 Å². The molecule has 0 atom stereocenters. The summed E-state index contributed by atoms with van der Waals surface area (Å²) >= 11 is 0. The number of aliphatic hydroxyl groups is 1. The fraction of sp³-hybridized carbons (Fsp3) is 0.438. The van der Waals surface area contributed by atoms with Crippen molar-refractivity contribution in [3.63, 3.8) is 0 Å². The van der Waals surface area contributed by atoms with Gasteiger partial charge in [0.25, 0.3) is 5.56 Å². The summed E-state index contributed by atoms with van der Waals surface area (Å²) in [6, 6.07) is 17.9. The second kappa shape index (κ2) is 11.7. The lowest BCUT2D eigenvalue weighted by atomic mass is 9.88. The number of rotatable bonds is 11. The van der Waals surface area contributed by atoms with E-state index < -0.39 is 5.60 Å². The molecular formula is C32H37N5O3. The van der Waals surface area contributed by atoms with Crippen molar-refractivity contribution >= 4 is 5.78 Å². The van der Waals surface area contributed by atoms with Crippen molar-refractivity contribution in [1.29, 1.82) is 5.26 Å². The van der Waals surface area contributed by atoms with Gasteiger partial charge >= 0.3 is 0 Å². The quantitative estimate of drug-likeness (QED) is 0.279. The number of hydrogen-bond donors (Lipinski definition) is 1. The van der Waals surface area contributed by atoms with Crippen molar-refractivity contribution < 1.29 is 9.84 Å². The maximum atomic E-state index is 14.1. The van der Waals surface area contributed by atoms with E-state index in [1.807, 2.05) is 66.9 Å². The Morgan fingerprint density at radius 2 is 1.82 bits per heavy atom. The summed E-state index contributed by atoms with van der Waals surface area (Å²) in [5.74, 6) is 0.572. The van der Waals surface area contributed by atoms with Gasteiger partial charge in [0.1, 0.15) is 6.33 Å². The molecule has 1 fully saturated rings. The van der Waals surface area contributed by atoms with Gasteiger partial charge in [0.05, 0.1) is 35.6 Å². The molecule has 0 unspecified atom stereocenters. The van der Waals surface area contributed by atoms with Gasteiger partial charge in [-0.25, -0.2) is 4.52 Å². The highest BCUT2D eigenvalue weighted by atomic mass is 16.5. The fourth-order valence-corrected chi connectivity index (χ4v) is 5.53. The monoisotopic (exact) mass is 539 g/mol. The molecule has 0 spiro atoms. The third kappa shape index (κ3) is 5.32. The standard InChI is InChI=1S/C32H37N5O3/c1-4-9-29-28(16-22-12-14-23(15-13-22)27-11-8-7-10-24(27)19-33)30(38)36(31-34-21-35-37(29)31)25-17-26(18-25)40-20-32(39,5-2)6-3/h7-8,10-15,21,25-26,39H,4-6,9,16-18,20H2,1-3H3. The van der Waals surface area contributed by atoms with E-state index in [4.69, 9.17) is 4.74 Å². The number of ether oxygens (including phenoxy) is 1. The molecular weight excluding hydrogens is 502 g/mol. The first-order chi connectivity index (χ1) is 19.4. The molecule has 0 bridgehead atoms. The average molecular weight is 540 g/mol. The van der Waals surface area contributed by atoms with Gasteiger partial charge in [0.2, 0.25) is 5.78 Å². The molecule has 2 aromatic carbocycles. The first-order valence-electron chi connectivity index (χ1n) is 14.3. The van der Waals surface area contributed by atoms with Gasteiger partial charge in [0.15, 0.2) is 0 Å². The zero-order chi connectivity index (χ0) is 28.3. The number of fused-ring (bicyclic) bond motifs is 1. The van der Waals surface area contributed by atoms with Gasteiger partial charge < -0.3 is 9.84 Å². The number of benzene rings is 2. The molecule has 1 aliphatic rings. The number of aryl methyl sites for hydroxylation is 1. The summed E-state index contributed by atoms with van der Waals surface area (Å²) in [5, 5.41) is 24.6. The summed E-state index contributed by atoms with van der Waals surface area (Å²) in [6.45, 7) is 6.34. The van der Waals surface area contributed by atoms with E-state index in [-0.39, 0.29) is 17.7 Å². The van der Waals surface area contributed by atoms with Crippen LogP contribution < -0.4 is 5.56 Å². The second-order valence-electron chi connectivity index (χ2n) is 10.8. The average Bonchev–Trinajstić information content (AvgIpc) is 3.45. The summed E-state index contributed by atoms with van der Waals surface area (Å²) in [6.07, 6.45) is 6.31. The first-order valence-corrected chi connectivity index (χ1v) is 14.3. The van der Waals surface area contributed by atoms with Crippen molar-refractivity contribution in [3.8, 4) is 17.2 Å². The molecule has 2 heterocycles. The van der Waals surface area contributed by atoms with Gasteiger partial charge in [-0.3, -0.25) is 9.36 Å². The Balaban J connectivity index is 1.43. The van der Waals surface area contributed by atoms with Crippen LogP contribution in [0, 0.1) is 11.3 Å². The number of aromatic nitrogens is 4. The molecule has 208 valence electrons. The topological polar surface area (TPSA) is 105 Å². The zero-order valence-corrected chi connectivity index (χ0v) is 23.5. The normalized spacial score (nSPS) is 17.1. The largest absolute Gasteiger partial charge is 0.388 e. The highest BCUT2D eigenvalue weighted by molar-refractivity contribution is 5.70. The fourth-order valence-electron chi connectivity index (χ4n) is 5.53. The Morgan fingerprint density at radius 3 is 2.50 bits per heavy atom. The van der Waals surface area contributed by atoms with Crippen LogP contribution in [0.5, 0.6) is 0 Å². The Morgan fingerprint density at radius 1 is 1.10 bits per heavy atom. The van der Waals surface area contributed by atoms with Crippen molar-refractivity contribution in [2.45, 2.75) is 83.5 Å². The molecule has 2 aromatic heterocycles. The summed E-state index contributed by atoms with van der Waals surface area (Å²) in [5.41, 5.74) is 4.33. The SMILES string of the molecule is CCCc1c(Cc2ccc(-c3ccccc3C#N)cc2)c(=O)n(C2CC(OCC(O)(CC)CC)C2)c2ncnn12. The maximum absolute atomic E-state index is 14.1. The summed E-state index contributed by atoms with van der Waals surface area (Å²) < 4.78 is 9.66. The molecule has 0 aliphatic heterocycles. The van der Waals surface area contributed by atoms with E-state index in [1.165, 1.54) is 6.33 Å². The highest BCUT2D eigenvalue weighted by Crippen LogP contribution is 2.36. The van der Waals surface area contributed by atoms with Gasteiger partial charge in [-0.1, -0.05) is 69.7 Å². The van der Waals surface area contributed by atoms with Crippen LogP contribution in [0.3, 0.4) is 0 Å². The van der Waals surface area contributed by atoms with E-state index >= 15 is 0 Å². The molecule has 0 saturated heterocycles. The second-order valence-corrected chi connectivity index (χ2v) is 10.8. The zero-order valence-electron chi connectivity index (χ0n) is 23.5. The third-order valence-electron chi connectivity index (χ3n) is 8.35. The van der Waals surface area contributed by atoms with E-state index in [0.29, 0.717) is 50.1 Å². The molecule has 0 amide bonds. The third-order valence-corrected chi connectivity index (χ3v) is 8.35. The smallest absolute Gasteiger partial charge is 0.259 e. The van der Waals surface area contributed by atoms with Crippen LogP contribution in [-0.4, -0.2) is 42.6 Å². The van der Waals surface area contributed by atoms with E-state index in [0.717, 1.165) is 40.8 Å². The lowest BCUT2D eigenvalue weighted by molar-refractivity contribution is -0.106. The van der Waals surface area contributed by atoms with Gasteiger partial charge in [-0.2, -0.15) is 15.3 Å². The molecule has 1 N–H and O–H groups in total. The molecule has 8 heteroatoms. The first kappa shape index (κ1) is 27.8. The van der Waals surface area contributed by atoms with Crippen molar-refractivity contribution in [3.05, 3.63) is 87.6 Å². The highest BCUT2D eigenvalue weighted by Gasteiger charge is 2.36. The number of nitrogens with zero attached hydrogens (tertiary/aromatic N) is 5. The van der Waals surface area contributed by atoms with Crippen LogP contribution >= 0.6 is 0 Å². The van der Waals surface area contributed by atoms with Crippen molar-refractivity contribution in [1.82, 2.24) is 19.2 Å². The molecule has 8 nitrogen and oxygen atoms in total. The van der Waals surface area contributed by atoms with Crippen LogP contribution in [0.1, 0.15) is 81.3 Å². The summed E-state index contributed by atoms with van der Waals surface area (Å²) in [4.78, 5) is 18.5. The van der Waals surface area contributed by atoms with Crippen LogP contribution in [0.15, 0.2) is 59.7 Å². The van der Waals surface area contributed by atoms with E-state index in [9.17, 15) is 15.2 Å². The minimum absolute atomic E-state index is 0.00657. The predicted octanol–water partition coefficient (Wildman–Crippen LogP) is 5.24. The molecule has 5 rings (SSSR count). The molecule has 4 aromatic rings. The van der Waals surface area contributed by atoms with Gasteiger partial charge in [0, 0.05) is 18.0 Å². The van der Waals surface area contributed by atoms with Gasteiger partial charge in [-0.15, -0.1) is 0 Å². The number of hydrogen-bond acceptors (Lipinski definition) is 6. The minimum Gasteiger partial charge on any atom is -0.388 e. The lowest BCUT2D eigenvalue weighted by Gasteiger charge is -2.38. The van der Waals surface area contributed by atoms with Crippen LogP contribution in [0.2, 0.25) is 0 Å². The van der Waals surface area contributed by atoms with Crippen LogP contribution in [0.25, 0.3) is 16.9 Å². The van der Waals surface area contributed by atoms with Gasteiger partial charge in [-0.05, 0) is 54.9 Å². The van der Waals surface area contributed by atoms with Crippen LogP contribution in [0.4, 0.5) is 0 Å². The molecule has 0 radical (unpaired) electrons. The maximum Gasteiger partial charge on any atom is 0.259 e. The van der Waals surface area contributed by atoms with E-state index in [2.05, 4.69) is 23.1 Å². The van der Waals surface area contributed by atoms with Crippen molar-refractivity contribution in [2.75, 3.05) is 6.61 Å².